The average Bonchev–Trinajstić information content (AvgIpc) is 3.47. The van der Waals surface area contributed by atoms with E-state index in [0.717, 1.165) is 11.4 Å². The van der Waals surface area contributed by atoms with Gasteiger partial charge in [-0.2, -0.15) is 24.2 Å². The number of aromatic amines is 1. The van der Waals surface area contributed by atoms with Crippen molar-refractivity contribution in [2.24, 2.45) is 0 Å². The molecule has 0 spiro atoms. The van der Waals surface area contributed by atoms with Crippen LogP contribution in [0.25, 0.3) is 11.1 Å². The Bertz CT molecular complexity index is 1140. The van der Waals surface area contributed by atoms with Gasteiger partial charge in [0.05, 0.1) is 36.4 Å². The predicted molar refractivity (Wildman–Crippen MR) is 113 cm³/mol. The zero-order valence-electron chi connectivity index (χ0n) is 17.7. The molecule has 3 aromatic rings. The number of halogens is 3. The first-order valence-electron chi connectivity index (χ1n) is 10.2. The Morgan fingerprint density at radius 3 is 2.71 bits per heavy atom. The Kier molecular flexibility index (Phi) is 7.01. The molecule has 1 atom stereocenters. The van der Waals surface area contributed by atoms with Crippen LogP contribution in [0.4, 0.5) is 23.7 Å². The normalized spacial score (nSPS) is 15.6. The van der Waals surface area contributed by atoms with Gasteiger partial charge in [0.25, 0.3) is 5.91 Å². The van der Waals surface area contributed by atoms with E-state index in [-0.39, 0.29) is 18.8 Å². The molecule has 0 aliphatic carbocycles. The summed E-state index contributed by atoms with van der Waals surface area (Å²) in [7, 11) is 0. The van der Waals surface area contributed by atoms with E-state index in [2.05, 4.69) is 25.7 Å². The number of amides is 2. The molecule has 1 saturated heterocycles. The van der Waals surface area contributed by atoms with Crippen molar-refractivity contribution in [3.8, 4) is 11.1 Å². The molecule has 3 heterocycles. The smallest absolute Gasteiger partial charge is 0.414 e. The van der Waals surface area contributed by atoms with Gasteiger partial charge in [-0.25, -0.2) is 9.18 Å². The van der Waals surface area contributed by atoms with Crippen LogP contribution in [0.3, 0.4) is 0 Å². The van der Waals surface area contributed by atoms with Crippen molar-refractivity contribution < 1.29 is 27.5 Å². The second kappa shape index (κ2) is 10.3. The lowest BCUT2D eigenvalue weighted by molar-refractivity contribution is -0.132. The molecule has 1 fully saturated rings. The first-order valence-corrected chi connectivity index (χ1v) is 10.2. The van der Waals surface area contributed by atoms with E-state index < -0.39 is 30.3 Å². The maximum Gasteiger partial charge on any atom is 0.414 e. The fourth-order valence-corrected chi connectivity index (χ4v) is 3.35. The van der Waals surface area contributed by atoms with Crippen molar-refractivity contribution >= 4 is 17.7 Å². The van der Waals surface area contributed by atoms with Crippen LogP contribution in [-0.2, 0) is 22.6 Å². The van der Waals surface area contributed by atoms with Crippen LogP contribution in [-0.4, -0.2) is 58.0 Å². The molecular weight excluding hydrogens is 455 g/mol. The van der Waals surface area contributed by atoms with Crippen molar-refractivity contribution in [2.75, 3.05) is 18.0 Å². The van der Waals surface area contributed by atoms with E-state index in [4.69, 9.17) is 4.74 Å². The molecule has 178 valence electrons. The lowest BCUT2D eigenvalue weighted by Crippen LogP contribution is -2.37. The minimum atomic E-state index is -3.16. The Labute approximate surface area is 191 Å². The number of rotatable bonds is 9. The lowest BCUT2D eigenvalue weighted by atomic mass is 10.1. The first kappa shape index (κ1) is 23.2. The summed E-state index contributed by atoms with van der Waals surface area (Å²) in [6, 6.07) is 7.76. The van der Waals surface area contributed by atoms with E-state index in [0.29, 0.717) is 24.2 Å². The van der Waals surface area contributed by atoms with E-state index in [1.54, 1.807) is 30.6 Å². The summed E-state index contributed by atoms with van der Waals surface area (Å²) in [5.41, 5.74) is 2.63. The highest BCUT2D eigenvalue weighted by atomic mass is 19.3. The summed E-state index contributed by atoms with van der Waals surface area (Å²) in [6.07, 6.45) is -1.57. The predicted octanol–water partition coefficient (Wildman–Crippen LogP) is 2.00. The van der Waals surface area contributed by atoms with Gasteiger partial charge in [0.15, 0.2) is 0 Å². The number of hydrogen-bond acceptors (Lipinski definition) is 7. The Balaban J connectivity index is 1.36. The number of nitrogens with one attached hydrogen (secondary N) is 3. The summed E-state index contributed by atoms with van der Waals surface area (Å²) in [4.78, 5) is 28.6. The third-order valence-electron chi connectivity index (χ3n) is 5.05. The molecule has 1 aliphatic heterocycles. The second-order valence-corrected chi connectivity index (χ2v) is 7.43. The maximum absolute atomic E-state index is 14.8. The molecule has 34 heavy (non-hydrogen) atoms. The van der Waals surface area contributed by atoms with Crippen molar-refractivity contribution in [1.29, 1.82) is 0 Å². The minimum Gasteiger partial charge on any atom is -0.442 e. The number of carbonyl (C=O) groups is 2. The van der Waals surface area contributed by atoms with E-state index in [1.165, 1.54) is 17.0 Å². The van der Waals surface area contributed by atoms with Gasteiger partial charge in [-0.3, -0.25) is 14.7 Å². The van der Waals surface area contributed by atoms with Crippen LogP contribution >= 0.6 is 0 Å². The topological polar surface area (TPSA) is 125 Å². The highest BCUT2D eigenvalue weighted by Crippen LogP contribution is 2.29. The van der Waals surface area contributed by atoms with Crippen molar-refractivity contribution in [1.82, 2.24) is 31.0 Å². The van der Waals surface area contributed by atoms with Gasteiger partial charge in [0, 0.05) is 30.4 Å². The average molecular weight is 475 g/mol. The SMILES string of the molecule is O=C(NC[C@H]1CN(c2ccc(-c3ccc(CNCc4cn[nH]n4)nc3)c(F)c2)C(=O)O1)C(F)F. The molecule has 2 aromatic heterocycles. The number of hydrogen-bond donors (Lipinski definition) is 3. The molecule has 0 saturated carbocycles. The lowest BCUT2D eigenvalue weighted by Gasteiger charge is -2.14. The number of ether oxygens (including phenoxy) is 1. The number of aromatic nitrogens is 4. The maximum atomic E-state index is 14.8. The number of carbonyl (C=O) groups excluding carboxylic acids is 2. The Hall–Kier alpha value is -4.00. The molecule has 13 heteroatoms. The number of alkyl halides is 2. The molecule has 4 rings (SSSR count). The van der Waals surface area contributed by atoms with Gasteiger partial charge in [-0.1, -0.05) is 6.07 Å². The van der Waals surface area contributed by atoms with E-state index in [9.17, 15) is 22.8 Å². The van der Waals surface area contributed by atoms with E-state index >= 15 is 0 Å². The van der Waals surface area contributed by atoms with Gasteiger partial charge in [0.2, 0.25) is 0 Å². The molecular formula is C21H20F3N7O3. The Morgan fingerprint density at radius 2 is 2.03 bits per heavy atom. The standard InChI is InChI=1S/C21H20F3N7O3/c22-18-5-15(31-11-16(34-21(31)33)10-27-20(32)19(23)24)3-4-17(18)12-1-2-13(26-6-12)7-25-8-14-9-28-30-29-14/h1-6,9,16,19,25H,7-8,10-11H2,(H,27,32)(H,28,29,30)/t16-/m0/s1. The number of cyclic esters (lactones) is 1. The summed E-state index contributed by atoms with van der Waals surface area (Å²) >= 11 is 0. The second-order valence-electron chi connectivity index (χ2n) is 7.43. The van der Waals surface area contributed by atoms with Crippen LogP contribution in [0.15, 0.2) is 42.7 Å². The number of pyridine rings is 1. The minimum absolute atomic E-state index is 0.0151. The highest BCUT2D eigenvalue weighted by molar-refractivity contribution is 5.90. The molecule has 1 aliphatic rings. The van der Waals surface area contributed by atoms with Gasteiger partial charge in [-0.05, 0) is 24.3 Å². The van der Waals surface area contributed by atoms with Crippen LogP contribution in [0.2, 0.25) is 0 Å². The van der Waals surface area contributed by atoms with Gasteiger partial charge < -0.3 is 15.4 Å². The fourth-order valence-electron chi connectivity index (χ4n) is 3.35. The largest absolute Gasteiger partial charge is 0.442 e. The van der Waals surface area contributed by atoms with Crippen molar-refractivity contribution in [3.05, 3.63) is 59.9 Å². The van der Waals surface area contributed by atoms with Gasteiger partial charge >= 0.3 is 12.5 Å². The summed E-state index contributed by atoms with van der Waals surface area (Å²) in [6.45, 7) is 0.731. The summed E-state index contributed by atoms with van der Waals surface area (Å²) in [5.74, 6) is -2.02. The zero-order chi connectivity index (χ0) is 24.1. The molecule has 0 bridgehead atoms. The third kappa shape index (κ3) is 5.49. The number of benzene rings is 1. The van der Waals surface area contributed by atoms with Crippen molar-refractivity contribution in [2.45, 2.75) is 25.6 Å². The number of H-pyrrole nitrogens is 1. The monoisotopic (exact) mass is 475 g/mol. The van der Waals surface area contributed by atoms with Crippen molar-refractivity contribution in [3.63, 3.8) is 0 Å². The summed E-state index contributed by atoms with van der Waals surface area (Å²) in [5, 5.41) is 15.4. The van der Waals surface area contributed by atoms with Crippen LogP contribution in [0.1, 0.15) is 11.4 Å². The molecule has 3 N–H and O–H groups in total. The molecule has 0 unspecified atom stereocenters. The zero-order valence-corrected chi connectivity index (χ0v) is 17.7. The molecule has 1 aromatic carbocycles. The molecule has 2 amide bonds. The van der Waals surface area contributed by atoms with Crippen LogP contribution < -0.4 is 15.5 Å². The van der Waals surface area contributed by atoms with E-state index in [1.807, 2.05) is 5.32 Å². The molecule has 0 radical (unpaired) electrons. The number of nitrogens with zero attached hydrogens (tertiary/aromatic N) is 4. The number of anilines is 1. The van der Waals surface area contributed by atoms with Gasteiger partial charge in [0.1, 0.15) is 11.9 Å². The molecule has 10 nitrogen and oxygen atoms in total. The van der Waals surface area contributed by atoms with Gasteiger partial charge in [-0.15, -0.1) is 0 Å². The third-order valence-corrected chi connectivity index (χ3v) is 5.05. The Morgan fingerprint density at radius 1 is 1.21 bits per heavy atom. The quantitative estimate of drug-likeness (QED) is 0.432. The highest BCUT2D eigenvalue weighted by Gasteiger charge is 2.33. The summed E-state index contributed by atoms with van der Waals surface area (Å²) < 4.78 is 44.5. The van der Waals surface area contributed by atoms with Crippen LogP contribution in [0.5, 0.6) is 0 Å². The fraction of sp³-hybridized carbons (Fsp3) is 0.286. The first-order chi connectivity index (χ1) is 16.4. The van der Waals surface area contributed by atoms with Crippen LogP contribution in [0, 0.1) is 5.82 Å².